The molecule has 0 bridgehead atoms. The first-order chi connectivity index (χ1) is 11.6. The molecule has 0 amide bonds. The van der Waals surface area contributed by atoms with Crippen molar-refractivity contribution in [3.63, 3.8) is 0 Å². The number of nitrogens with zero attached hydrogens (tertiary/aromatic N) is 1. The van der Waals surface area contributed by atoms with Gasteiger partial charge in [-0.25, -0.2) is 5.01 Å². The number of aliphatic carboxylic acids is 1. The van der Waals surface area contributed by atoms with Crippen LogP contribution in [0, 0.1) is 0 Å². The zero-order valence-electron chi connectivity index (χ0n) is 15.9. The smallest absolute Gasteiger partial charge is 0.319 e. The molecule has 24 heavy (non-hydrogen) atoms. The lowest BCUT2D eigenvalue weighted by Gasteiger charge is -2.27. The van der Waals surface area contributed by atoms with Crippen LogP contribution in [-0.2, 0) is 4.79 Å². The van der Waals surface area contributed by atoms with Crippen LogP contribution in [0.1, 0.15) is 97.3 Å². The summed E-state index contributed by atoms with van der Waals surface area (Å²) < 4.78 is 0. The quantitative estimate of drug-likeness (QED) is 0.196. The number of hydrazine groups is 1. The molecule has 0 saturated carbocycles. The van der Waals surface area contributed by atoms with Crippen LogP contribution < -0.4 is 5.43 Å². The van der Waals surface area contributed by atoms with E-state index in [1.807, 2.05) is 0 Å². The van der Waals surface area contributed by atoms with Crippen molar-refractivity contribution in [2.24, 2.45) is 0 Å². The van der Waals surface area contributed by atoms with E-state index in [2.05, 4.69) is 19.3 Å². The van der Waals surface area contributed by atoms with Gasteiger partial charge in [-0.2, -0.15) is 0 Å². The van der Waals surface area contributed by atoms with Crippen molar-refractivity contribution in [3.8, 4) is 0 Å². The number of aliphatic hydroxyl groups is 1. The predicted molar refractivity (Wildman–Crippen MR) is 99.7 cm³/mol. The SMILES string of the molecule is CCCCCCCCCCCC(O)N(CC(=O)O)NCCCCC. The molecular weight excluding hydrogens is 304 g/mol. The maximum absolute atomic E-state index is 10.9. The third-order valence-electron chi connectivity index (χ3n) is 4.33. The van der Waals surface area contributed by atoms with Crippen molar-refractivity contribution in [2.75, 3.05) is 13.1 Å². The van der Waals surface area contributed by atoms with E-state index in [-0.39, 0.29) is 6.54 Å². The Morgan fingerprint density at radius 2 is 1.38 bits per heavy atom. The molecule has 3 N–H and O–H groups in total. The number of carbonyl (C=O) groups is 1. The molecule has 0 fully saturated rings. The second kappa shape index (κ2) is 17.2. The Kier molecular flexibility index (Phi) is 16.7. The van der Waals surface area contributed by atoms with Crippen LogP contribution in [0.2, 0.25) is 0 Å². The second-order valence-corrected chi connectivity index (χ2v) is 6.73. The van der Waals surface area contributed by atoms with E-state index >= 15 is 0 Å². The molecule has 1 unspecified atom stereocenters. The van der Waals surface area contributed by atoms with Gasteiger partial charge in [0.1, 0.15) is 12.8 Å². The number of hydrogen-bond donors (Lipinski definition) is 3. The van der Waals surface area contributed by atoms with Crippen LogP contribution in [0.25, 0.3) is 0 Å². The van der Waals surface area contributed by atoms with Gasteiger partial charge in [-0.15, -0.1) is 0 Å². The maximum atomic E-state index is 10.9. The summed E-state index contributed by atoms with van der Waals surface area (Å²) in [5.74, 6) is -0.913. The van der Waals surface area contributed by atoms with Crippen molar-refractivity contribution in [1.29, 1.82) is 0 Å². The molecular formula is C19H40N2O3. The van der Waals surface area contributed by atoms with Crippen molar-refractivity contribution in [2.45, 2.75) is 104 Å². The molecule has 5 heteroatoms. The first-order valence-corrected chi connectivity index (χ1v) is 10.0. The van der Waals surface area contributed by atoms with E-state index in [9.17, 15) is 9.90 Å². The maximum Gasteiger partial charge on any atom is 0.319 e. The summed E-state index contributed by atoms with van der Waals surface area (Å²) in [6.45, 7) is 4.92. The minimum absolute atomic E-state index is 0.162. The van der Waals surface area contributed by atoms with Crippen molar-refractivity contribution >= 4 is 5.97 Å². The first-order valence-electron chi connectivity index (χ1n) is 10.0. The summed E-state index contributed by atoms with van der Waals surface area (Å²) in [7, 11) is 0. The van der Waals surface area contributed by atoms with Gasteiger partial charge in [0.15, 0.2) is 0 Å². The normalized spacial score (nSPS) is 12.7. The van der Waals surface area contributed by atoms with Gasteiger partial charge in [0.25, 0.3) is 0 Å². The Labute approximate surface area is 148 Å². The van der Waals surface area contributed by atoms with Gasteiger partial charge in [-0.3, -0.25) is 10.2 Å². The lowest BCUT2D eigenvalue weighted by molar-refractivity contribution is -0.144. The number of carboxylic acid groups (broad SMARTS) is 1. The molecule has 0 radical (unpaired) electrons. The van der Waals surface area contributed by atoms with Crippen molar-refractivity contribution in [1.82, 2.24) is 10.4 Å². The number of unbranched alkanes of at least 4 members (excludes halogenated alkanes) is 10. The summed E-state index contributed by atoms with van der Waals surface area (Å²) in [5.41, 5.74) is 3.07. The Hall–Kier alpha value is -0.650. The highest BCUT2D eigenvalue weighted by Gasteiger charge is 2.17. The summed E-state index contributed by atoms with van der Waals surface area (Å²) in [4.78, 5) is 10.9. The fraction of sp³-hybridized carbons (Fsp3) is 0.947. The van der Waals surface area contributed by atoms with Crippen LogP contribution in [-0.4, -0.2) is 40.5 Å². The van der Waals surface area contributed by atoms with Crippen LogP contribution in [0.3, 0.4) is 0 Å². The zero-order valence-corrected chi connectivity index (χ0v) is 15.9. The molecule has 0 aromatic carbocycles. The van der Waals surface area contributed by atoms with Crippen LogP contribution in [0.5, 0.6) is 0 Å². The Balaban J connectivity index is 3.76. The number of nitrogens with one attached hydrogen (secondary N) is 1. The number of carboxylic acids is 1. The molecule has 0 spiro atoms. The minimum atomic E-state index is -0.913. The number of hydrogen-bond acceptors (Lipinski definition) is 4. The molecule has 0 aromatic rings. The van der Waals surface area contributed by atoms with Crippen LogP contribution >= 0.6 is 0 Å². The van der Waals surface area contributed by atoms with Gasteiger partial charge in [0.2, 0.25) is 0 Å². The van der Waals surface area contributed by atoms with Gasteiger partial charge in [0, 0.05) is 6.54 Å². The third kappa shape index (κ3) is 14.9. The molecule has 5 nitrogen and oxygen atoms in total. The average molecular weight is 345 g/mol. The van der Waals surface area contributed by atoms with Crippen LogP contribution in [0.15, 0.2) is 0 Å². The van der Waals surface area contributed by atoms with E-state index in [0.717, 1.165) is 38.6 Å². The van der Waals surface area contributed by atoms with E-state index in [0.29, 0.717) is 6.42 Å². The summed E-state index contributed by atoms with van der Waals surface area (Å²) in [6.07, 6.45) is 14.3. The fourth-order valence-corrected chi connectivity index (χ4v) is 2.80. The molecule has 0 rings (SSSR count). The highest BCUT2D eigenvalue weighted by Crippen LogP contribution is 2.12. The Morgan fingerprint density at radius 3 is 1.92 bits per heavy atom. The van der Waals surface area contributed by atoms with E-state index in [1.54, 1.807) is 0 Å². The highest BCUT2D eigenvalue weighted by molar-refractivity contribution is 5.69. The highest BCUT2D eigenvalue weighted by atomic mass is 16.4. The van der Waals surface area contributed by atoms with Crippen LogP contribution in [0.4, 0.5) is 0 Å². The van der Waals surface area contributed by atoms with E-state index in [1.165, 1.54) is 50.0 Å². The van der Waals surface area contributed by atoms with E-state index < -0.39 is 12.2 Å². The van der Waals surface area contributed by atoms with E-state index in [4.69, 9.17) is 5.11 Å². The van der Waals surface area contributed by atoms with Crippen molar-refractivity contribution in [3.05, 3.63) is 0 Å². The van der Waals surface area contributed by atoms with Gasteiger partial charge in [0.05, 0.1) is 0 Å². The predicted octanol–water partition coefficient (Wildman–Crippen LogP) is 4.31. The molecule has 0 saturated heterocycles. The van der Waals surface area contributed by atoms with Gasteiger partial charge < -0.3 is 10.2 Å². The standard InChI is InChI=1S/C19H40N2O3/c1-3-5-7-8-9-10-11-12-13-15-18(22)21(17-19(23)24)20-16-14-6-4-2/h18,20,22H,3-17H2,1-2H3,(H,23,24). The second-order valence-electron chi connectivity index (χ2n) is 6.73. The molecule has 1 atom stereocenters. The topological polar surface area (TPSA) is 72.8 Å². The summed E-state index contributed by atoms with van der Waals surface area (Å²) >= 11 is 0. The van der Waals surface area contributed by atoms with Gasteiger partial charge >= 0.3 is 5.97 Å². The van der Waals surface area contributed by atoms with Gasteiger partial charge in [-0.1, -0.05) is 78.1 Å². The largest absolute Gasteiger partial charge is 0.480 e. The molecule has 0 aliphatic heterocycles. The van der Waals surface area contributed by atoms with Gasteiger partial charge in [-0.05, 0) is 19.3 Å². The molecule has 144 valence electrons. The zero-order chi connectivity index (χ0) is 18.0. The third-order valence-corrected chi connectivity index (χ3v) is 4.33. The lowest BCUT2D eigenvalue weighted by atomic mass is 10.1. The lowest BCUT2D eigenvalue weighted by Crippen LogP contribution is -2.48. The summed E-state index contributed by atoms with van der Waals surface area (Å²) in [6, 6.07) is 0. The molecule has 0 aromatic heterocycles. The first kappa shape index (κ1) is 23.4. The number of aliphatic hydroxyl groups excluding tert-OH is 1. The Morgan fingerprint density at radius 1 is 0.875 bits per heavy atom. The Bertz CT molecular complexity index is 288. The monoisotopic (exact) mass is 344 g/mol. The van der Waals surface area contributed by atoms with Crippen molar-refractivity contribution < 1.29 is 15.0 Å². The minimum Gasteiger partial charge on any atom is -0.480 e. The molecule has 0 aliphatic carbocycles. The average Bonchev–Trinajstić information content (AvgIpc) is 2.55. The number of rotatable bonds is 18. The fourth-order valence-electron chi connectivity index (χ4n) is 2.80. The molecule has 0 aliphatic rings. The molecule has 0 heterocycles. The summed E-state index contributed by atoms with van der Waals surface area (Å²) in [5, 5.41) is 20.7.